The molecule has 1 aliphatic heterocycles. The van der Waals surface area contributed by atoms with E-state index in [9.17, 15) is 23.3 Å². The molecule has 10 nitrogen and oxygen atoms in total. The van der Waals surface area contributed by atoms with Crippen LogP contribution in [0, 0.1) is 11.7 Å². The number of aromatic nitrogens is 1. The topological polar surface area (TPSA) is 124 Å². The molecule has 2 amide bonds. The number of hydrogen-bond acceptors (Lipinski definition) is 8. The summed E-state index contributed by atoms with van der Waals surface area (Å²) < 4.78 is 46.4. The van der Waals surface area contributed by atoms with E-state index in [4.69, 9.17) is 19.0 Å². The van der Waals surface area contributed by atoms with Gasteiger partial charge in [-0.25, -0.2) is 4.39 Å². The standard InChI is InChI=1S/C46H43FN3O7P/c1-3-55-46(53)31(2)30-58(54,57-36-18-11-6-12-19-36)27-26-49-44(51)39-37-20-13-25-48-41(37)43(56-42(33-14-7-4-8-15-33)34-16-9-5-10-17-34)40-38(39)29-50(45(40)52)28-32-21-23-35(47)24-22-32/h4-25,31,42H,3,26-30H2,1-2H3,(H,49,51). The quantitative estimate of drug-likeness (QED) is 0.0761. The van der Waals surface area contributed by atoms with Crippen LogP contribution in [0.5, 0.6) is 11.5 Å². The number of esters is 1. The Bertz CT molecular complexity index is 2410. The van der Waals surface area contributed by atoms with Crippen LogP contribution < -0.4 is 14.6 Å². The Kier molecular flexibility index (Phi) is 12.3. The van der Waals surface area contributed by atoms with Crippen molar-refractivity contribution < 1.29 is 37.3 Å². The number of rotatable bonds is 16. The molecule has 296 valence electrons. The van der Waals surface area contributed by atoms with Crippen LogP contribution in [0.15, 0.2) is 134 Å². The van der Waals surface area contributed by atoms with Gasteiger partial charge in [-0.2, -0.15) is 0 Å². The number of nitrogens with one attached hydrogen (secondary N) is 1. The number of benzene rings is 5. The van der Waals surface area contributed by atoms with E-state index in [0.29, 0.717) is 27.8 Å². The fourth-order valence-corrected chi connectivity index (χ4v) is 9.49. The molecule has 2 atom stereocenters. The van der Waals surface area contributed by atoms with Crippen LogP contribution in [-0.2, 0) is 27.2 Å². The summed E-state index contributed by atoms with van der Waals surface area (Å²) in [5.74, 6) is -1.87. The van der Waals surface area contributed by atoms with Crippen molar-refractivity contribution in [2.75, 3.05) is 25.5 Å². The summed E-state index contributed by atoms with van der Waals surface area (Å²) in [5, 5.41) is 3.40. The second-order valence-electron chi connectivity index (χ2n) is 14.1. The maximum atomic E-state index is 14.6. The van der Waals surface area contributed by atoms with Crippen molar-refractivity contribution in [1.82, 2.24) is 15.2 Å². The lowest BCUT2D eigenvalue weighted by molar-refractivity contribution is -0.146. The van der Waals surface area contributed by atoms with Gasteiger partial charge in [0.05, 0.1) is 29.8 Å². The molecule has 0 aliphatic carbocycles. The fraction of sp³-hybridized carbons (Fsp3) is 0.217. The number of amides is 2. The highest BCUT2D eigenvalue weighted by atomic mass is 31.2. The first-order valence-electron chi connectivity index (χ1n) is 19.2. The summed E-state index contributed by atoms with van der Waals surface area (Å²) >= 11 is 0. The highest BCUT2D eigenvalue weighted by Gasteiger charge is 2.39. The van der Waals surface area contributed by atoms with Gasteiger partial charge in [-0.1, -0.05) is 104 Å². The second kappa shape index (κ2) is 17.9. The summed E-state index contributed by atoms with van der Waals surface area (Å²) in [5.41, 5.74) is 3.60. The molecule has 1 aromatic heterocycles. The van der Waals surface area contributed by atoms with Crippen LogP contribution >= 0.6 is 7.37 Å². The molecule has 0 spiro atoms. The zero-order valence-electron chi connectivity index (χ0n) is 32.2. The van der Waals surface area contributed by atoms with Crippen molar-refractivity contribution in [2.24, 2.45) is 5.92 Å². The smallest absolute Gasteiger partial charge is 0.309 e. The highest BCUT2D eigenvalue weighted by molar-refractivity contribution is 7.59. The highest BCUT2D eigenvalue weighted by Crippen LogP contribution is 2.49. The summed E-state index contributed by atoms with van der Waals surface area (Å²) in [6.07, 6.45) is 0.775. The van der Waals surface area contributed by atoms with Crippen LogP contribution in [0.25, 0.3) is 10.9 Å². The third-order valence-corrected chi connectivity index (χ3v) is 12.5. The predicted molar refractivity (Wildman–Crippen MR) is 220 cm³/mol. The van der Waals surface area contributed by atoms with Gasteiger partial charge in [-0.3, -0.25) is 23.9 Å². The molecule has 5 aromatic carbocycles. The molecule has 0 bridgehead atoms. The average molecular weight is 800 g/mol. The molecule has 1 N–H and O–H groups in total. The summed E-state index contributed by atoms with van der Waals surface area (Å²) in [6, 6.07) is 37.4. The molecule has 0 fully saturated rings. The lowest BCUT2D eigenvalue weighted by Gasteiger charge is -2.24. The number of hydrogen-bond donors (Lipinski definition) is 1. The molecule has 58 heavy (non-hydrogen) atoms. The Morgan fingerprint density at radius 3 is 2.16 bits per heavy atom. The minimum Gasteiger partial charge on any atom is -0.478 e. The molecule has 2 heterocycles. The third kappa shape index (κ3) is 8.95. The first kappa shape index (κ1) is 39.9. The van der Waals surface area contributed by atoms with Gasteiger partial charge >= 0.3 is 5.97 Å². The van der Waals surface area contributed by atoms with Gasteiger partial charge in [0.1, 0.15) is 23.2 Å². The van der Waals surface area contributed by atoms with Crippen molar-refractivity contribution in [2.45, 2.75) is 33.0 Å². The summed E-state index contributed by atoms with van der Waals surface area (Å²) in [6.45, 7) is 3.67. The van der Waals surface area contributed by atoms with E-state index in [1.807, 2.05) is 66.7 Å². The maximum absolute atomic E-state index is 14.6. The lowest BCUT2D eigenvalue weighted by Crippen LogP contribution is -2.30. The molecule has 6 aromatic rings. The molecular formula is C46H43FN3O7P. The number of halogens is 1. The summed E-state index contributed by atoms with van der Waals surface area (Å²) in [4.78, 5) is 48.0. The molecule has 0 radical (unpaired) electrons. The van der Waals surface area contributed by atoms with Crippen molar-refractivity contribution in [3.05, 3.63) is 173 Å². The molecule has 7 rings (SSSR count). The monoisotopic (exact) mass is 799 g/mol. The van der Waals surface area contributed by atoms with E-state index < -0.39 is 37.1 Å². The lowest BCUT2D eigenvalue weighted by atomic mass is 9.95. The van der Waals surface area contributed by atoms with Crippen molar-refractivity contribution >= 4 is 36.1 Å². The van der Waals surface area contributed by atoms with Gasteiger partial charge in [0.2, 0.25) is 0 Å². The van der Waals surface area contributed by atoms with Gasteiger partial charge in [0.15, 0.2) is 5.75 Å². The fourth-order valence-electron chi connectivity index (χ4n) is 7.20. The van der Waals surface area contributed by atoms with E-state index in [1.54, 1.807) is 73.5 Å². The van der Waals surface area contributed by atoms with Crippen LogP contribution in [0.1, 0.15) is 62.9 Å². The maximum Gasteiger partial charge on any atom is 0.309 e. The number of fused-ring (bicyclic) bond motifs is 2. The Balaban J connectivity index is 1.26. The number of carbonyl (C=O) groups excluding carboxylic acids is 3. The normalized spacial score (nSPS) is 13.8. The van der Waals surface area contributed by atoms with Crippen LogP contribution in [0.2, 0.25) is 0 Å². The molecule has 0 saturated carbocycles. The Hall–Kier alpha value is -6.32. The van der Waals surface area contributed by atoms with Gasteiger partial charge < -0.3 is 24.2 Å². The minimum absolute atomic E-state index is 0.0590. The summed E-state index contributed by atoms with van der Waals surface area (Å²) in [7, 11) is -3.57. The Morgan fingerprint density at radius 1 is 0.879 bits per heavy atom. The van der Waals surface area contributed by atoms with Crippen molar-refractivity contribution in [3.8, 4) is 11.5 Å². The predicted octanol–water partition coefficient (Wildman–Crippen LogP) is 8.98. The minimum atomic E-state index is -3.57. The van der Waals surface area contributed by atoms with E-state index in [1.165, 1.54) is 12.1 Å². The van der Waals surface area contributed by atoms with Gasteiger partial charge in [0.25, 0.3) is 19.2 Å². The van der Waals surface area contributed by atoms with Gasteiger partial charge in [0, 0.05) is 42.9 Å². The van der Waals surface area contributed by atoms with Crippen LogP contribution in [-0.4, -0.2) is 53.1 Å². The number of pyridine rings is 1. The van der Waals surface area contributed by atoms with E-state index in [0.717, 1.165) is 11.1 Å². The van der Waals surface area contributed by atoms with Crippen LogP contribution in [0.4, 0.5) is 4.39 Å². The van der Waals surface area contributed by atoms with Crippen LogP contribution in [0.3, 0.4) is 0 Å². The van der Waals surface area contributed by atoms with Crippen molar-refractivity contribution in [3.63, 3.8) is 0 Å². The Labute approximate surface area is 336 Å². The first-order valence-corrected chi connectivity index (χ1v) is 21.1. The molecule has 1 aliphatic rings. The zero-order valence-corrected chi connectivity index (χ0v) is 33.1. The van der Waals surface area contributed by atoms with E-state index >= 15 is 0 Å². The first-order chi connectivity index (χ1) is 28.1. The van der Waals surface area contributed by atoms with Crippen molar-refractivity contribution in [1.29, 1.82) is 0 Å². The third-order valence-electron chi connectivity index (χ3n) is 9.92. The van der Waals surface area contributed by atoms with Gasteiger partial charge in [-0.15, -0.1) is 0 Å². The molecule has 0 saturated heterocycles. The van der Waals surface area contributed by atoms with E-state index in [2.05, 4.69) is 5.32 Å². The van der Waals surface area contributed by atoms with E-state index in [-0.39, 0.29) is 61.3 Å². The van der Waals surface area contributed by atoms with Gasteiger partial charge in [-0.05, 0) is 53.9 Å². The molecule has 2 unspecified atom stereocenters. The Morgan fingerprint density at radius 2 is 1.52 bits per heavy atom. The molecule has 12 heteroatoms. The largest absolute Gasteiger partial charge is 0.478 e. The molecular weight excluding hydrogens is 756 g/mol. The number of nitrogens with zero attached hydrogens (tertiary/aromatic N) is 2. The second-order valence-corrected chi connectivity index (χ2v) is 16.7. The number of para-hydroxylation sites is 1. The zero-order chi connectivity index (χ0) is 40.6. The SMILES string of the molecule is CCOC(=O)C(C)CP(=O)(CCNC(=O)c1c2c(c(OC(c3ccccc3)c3ccccc3)c3ncccc13)C(=O)N(Cc1ccc(F)cc1)C2)Oc1ccccc1. The number of carbonyl (C=O) groups is 3. The average Bonchev–Trinajstić information content (AvgIpc) is 3.55. The number of ether oxygens (including phenoxy) is 2.